The first-order valence-electron chi connectivity index (χ1n) is 8.35. The highest BCUT2D eigenvalue weighted by Gasteiger charge is 2.07. The van der Waals surface area contributed by atoms with E-state index in [2.05, 4.69) is 47.2 Å². The number of anilines is 1. The minimum absolute atomic E-state index is 0.0438. The van der Waals surface area contributed by atoms with Gasteiger partial charge in [-0.05, 0) is 70.6 Å². The van der Waals surface area contributed by atoms with E-state index in [-0.39, 0.29) is 5.91 Å². The number of carbonyl (C=O) groups excluding carboxylic acids is 1. The highest BCUT2D eigenvalue weighted by atomic mass is 79.9. The molecule has 1 amide bonds. The zero-order valence-corrected chi connectivity index (χ0v) is 17.1. The van der Waals surface area contributed by atoms with Gasteiger partial charge in [0.25, 0.3) is 0 Å². The third-order valence-electron chi connectivity index (χ3n) is 3.88. The van der Waals surface area contributed by atoms with Crippen molar-refractivity contribution in [3.8, 4) is 5.75 Å². The molecule has 1 N–H and O–H groups in total. The van der Waals surface area contributed by atoms with Crippen LogP contribution in [-0.4, -0.2) is 12.5 Å². The highest BCUT2D eigenvalue weighted by Crippen LogP contribution is 2.29. The Morgan fingerprint density at radius 1 is 1.24 bits per heavy atom. The predicted molar refractivity (Wildman–Crippen MR) is 108 cm³/mol. The quantitative estimate of drug-likeness (QED) is 0.527. The summed E-state index contributed by atoms with van der Waals surface area (Å²) in [5.74, 6) is 1.23. The summed E-state index contributed by atoms with van der Waals surface area (Å²) in [6.07, 6.45) is 1.04. The number of hydrogen-bond acceptors (Lipinski definition) is 2. The average molecular weight is 425 g/mol. The lowest BCUT2D eigenvalue weighted by atomic mass is 10.0. The summed E-state index contributed by atoms with van der Waals surface area (Å²) in [6, 6.07) is 11.6. The van der Waals surface area contributed by atoms with Crippen molar-refractivity contribution in [1.82, 2.24) is 0 Å². The van der Waals surface area contributed by atoms with Crippen molar-refractivity contribution in [2.45, 2.75) is 39.5 Å². The van der Waals surface area contributed by atoms with Gasteiger partial charge in [-0.2, -0.15) is 0 Å². The largest absolute Gasteiger partial charge is 0.492 e. The van der Waals surface area contributed by atoms with Gasteiger partial charge in [0.15, 0.2) is 0 Å². The molecule has 2 aromatic rings. The first-order chi connectivity index (χ1) is 11.9. The van der Waals surface area contributed by atoms with E-state index in [0.717, 1.165) is 15.8 Å². The van der Waals surface area contributed by atoms with E-state index in [1.165, 1.54) is 5.56 Å². The number of ether oxygens (including phenoxy) is 1. The topological polar surface area (TPSA) is 38.3 Å². The number of halogens is 2. The third-order valence-corrected chi connectivity index (χ3v) is 4.91. The van der Waals surface area contributed by atoms with Crippen LogP contribution >= 0.6 is 27.5 Å². The molecule has 5 heteroatoms. The van der Waals surface area contributed by atoms with Gasteiger partial charge in [0, 0.05) is 17.1 Å². The maximum absolute atomic E-state index is 12.0. The number of aryl methyl sites for hydroxylation is 1. The monoisotopic (exact) mass is 423 g/mol. The van der Waals surface area contributed by atoms with E-state index >= 15 is 0 Å². The van der Waals surface area contributed by atoms with Gasteiger partial charge < -0.3 is 10.1 Å². The molecule has 0 fully saturated rings. The molecular formula is C20H23BrClNO2. The lowest BCUT2D eigenvalue weighted by Crippen LogP contribution is -2.13. The van der Waals surface area contributed by atoms with Crippen molar-refractivity contribution in [1.29, 1.82) is 0 Å². The summed E-state index contributed by atoms with van der Waals surface area (Å²) in [5, 5.41) is 3.50. The van der Waals surface area contributed by atoms with Crippen LogP contribution in [0, 0.1) is 6.92 Å². The minimum Gasteiger partial charge on any atom is -0.492 e. The fourth-order valence-corrected chi connectivity index (χ4v) is 2.99. The highest BCUT2D eigenvalue weighted by molar-refractivity contribution is 9.10. The average Bonchev–Trinajstić information content (AvgIpc) is 2.56. The van der Waals surface area contributed by atoms with E-state index in [0.29, 0.717) is 36.1 Å². The minimum atomic E-state index is -0.0438. The number of nitrogens with one attached hydrogen (secondary N) is 1. The first kappa shape index (κ1) is 19.8. The molecule has 3 nitrogen and oxygen atoms in total. The predicted octanol–water partition coefficient (Wildman–Crippen LogP) is 6.33. The van der Waals surface area contributed by atoms with Gasteiger partial charge >= 0.3 is 0 Å². The lowest BCUT2D eigenvalue weighted by molar-refractivity contribution is -0.116. The van der Waals surface area contributed by atoms with Crippen molar-refractivity contribution < 1.29 is 9.53 Å². The molecule has 0 bridgehead atoms. The Bertz CT molecular complexity index is 746. The summed E-state index contributed by atoms with van der Waals surface area (Å²) in [4.78, 5) is 12.0. The Morgan fingerprint density at radius 2 is 2.00 bits per heavy atom. The summed E-state index contributed by atoms with van der Waals surface area (Å²) in [7, 11) is 0. The molecule has 134 valence electrons. The fourth-order valence-electron chi connectivity index (χ4n) is 2.30. The summed E-state index contributed by atoms with van der Waals surface area (Å²) >= 11 is 9.60. The van der Waals surface area contributed by atoms with Gasteiger partial charge in [-0.1, -0.05) is 37.6 Å². The van der Waals surface area contributed by atoms with E-state index in [9.17, 15) is 4.79 Å². The van der Waals surface area contributed by atoms with Crippen LogP contribution < -0.4 is 10.1 Å². The standard InChI is InChI=1S/C20H23BrClNO2/c1-13(2)15-7-9-19(17(21)11-15)25-10-4-5-20(24)23-16-8-6-14(3)18(22)12-16/h6-9,11-13H,4-5,10H2,1-3H3,(H,23,24). The van der Waals surface area contributed by atoms with Crippen LogP contribution in [0.25, 0.3) is 0 Å². The SMILES string of the molecule is Cc1ccc(NC(=O)CCCOc2ccc(C(C)C)cc2Br)cc1Cl. The summed E-state index contributed by atoms with van der Waals surface area (Å²) < 4.78 is 6.70. The molecule has 0 unspecified atom stereocenters. The van der Waals surface area contributed by atoms with E-state index in [1.54, 1.807) is 6.07 Å². The van der Waals surface area contributed by atoms with E-state index in [1.807, 2.05) is 25.1 Å². The van der Waals surface area contributed by atoms with Crippen LogP contribution in [0.1, 0.15) is 43.7 Å². The van der Waals surface area contributed by atoms with Gasteiger partial charge in [-0.25, -0.2) is 0 Å². The van der Waals surface area contributed by atoms with Crippen LogP contribution in [0.4, 0.5) is 5.69 Å². The van der Waals surface area contributed by atoms with Gasteiger partial charge in [0.05, 0.1) is 11.1 Å². The molecule has 25 heavy (non-hydrogen) atoms. The van der Waals surface area contributed by atoms with Crippen molar-refractivity contribution in [3.63, 3.8) is 0 Å². The molecule has 0 radical (unpaired) electrons. The van der Waals surface area contributed by atoms with Crippen LogP contribution in [-0.2, 0) is 4.79 Å². The molecule has 0 heterocycles. The Balaban J connectivity index is 1.77. The molecule has 0 aliphatic carbocycles. The number of benzene rings is 2. The molecule has 2 rings (SSSR count). The molecule has 0 aliphatic rings. The molecule has 0 aliphatic heterocycles. The Labute approximate surface area is 162 Å². The Morgan fingerprint density at radius 3 is 2.64 bits per heavy atom. The molecule has 0 spiro atoms. The lowest BCUT2D eigenvalue weighted by Gasteiger charge is -2.11. The van der Waals surface area contributed by atoms with Crippen LogP contribution in [0.2, 0.25) is 5.02 Å². The van der Waals surface area contributed by atoms with E-state index < -0.39 is 0 Å². The van der Waals surface area contributed by atoms with Gasteiger partial charge in [0.1, 0.15) is 5.75 Å². The second-order valence-electron chi connectivity index (χ2n) is 6.31. The zero-order valence-electron chi connectivity index (χ0n) is 14.7. The van der Waals surface area contributed by atoms with Gasteiger partial charge in [-0.3, -0.25) is 4.79 Å². The van der Waals surface area contributed by atoms with Crippen molar-refractivity contribution in [2.24, 2.45) is 0 Å². The molecule has 2 aromatic carbocycles. The number of carbonyl (C=O) groups is 1. The zero-order chi connectivity index (χ0) is 18.4. The van der Waals surface area contributed by atoms with Gasteiger partial charge in [-0.15, -0.1) is 0 Å². The van der Waals surface area contributed by atoms with Crippen molar-refractivity contribution in [2.75, 3.05) is 11.9 Å². The second-order valence-corrected chi connectivity index (χ2v) is 7.57. The Hall–Kier alpha value is -1.52. The summed E-state index contributed by atoms with van der Waals surface area (Å²) in [5.41, 5.74) is 2.96. The van der Waals surface area contributed by atoms with Crippen LogP contribution in [0.15, 0.2) is 40.9 Å². The number of amides is 1. The molecular weight excluding hydrogens is 402 g/mol. The third kappa shape index (κ3) is 6.05. The fraction of sp³-hybridized carbons (Fsp3) is 0.350. The van der Waals surface area contributed by atoms with Crippen LogP contribution in [0.5, 0.6) is 5.75 Å². The first-order valence-corrected chi connectivity index (χ1v) is 9.52. The van der Waals surface area contributed by atoms with Crippen molar-refractivity contribution >= 4 is 39.1 Å². The maximum Gasteiger partial charge on any atom is 0.224 e. The number of hydrogen-bond donors (Lipinski definition) is 1. The van der Waals surface area contributed by atoms with Crippen LogP contribution in [0.3, 0.4) is 0 Å². The second kappa shape index (κ2) is 9.25. The molecule has 0 saturated carbocycles. The Kier molecular flexibility index (Phi) is 7.33. The maximum atomic E-state index is 12.0. The normalized spacial score (nSPS) is 10.8. The summed E-state index contributed by atoms with van der Waals surface area (Å²) in [6.45, 7) is 6.73. The molecule has 0 aromatic heterocycles. The molecule has 0 saturated heterocycles. The van der Waals surface area contributed by atoms with Gasteiger partial charge in [0.2, 0.25) is 5.91 Å². The molecule has 0 atom stereocenters. The number of rotatable bonds is 7. The van der Waals surface area contributed by atoms with E-state index in [4.69, 9.17) is 16.3 Å². The van der Waals surface area contributed by atoms with Crippen molar-refractivity contribution in [3.05, 3.63) is 57.0 Å². The smallest absolute Gasteiger partial charge is 0.224 e.